The molecular weight excluding hydrogens is 267 g/mol. The van der Waals surface area contributed by atoms with Gasteiger partial charge in [-0.2, -0.15) is 0 Å². The van der Waals surface area contributed by atoms with E-state index in [0.717, 1.165) is 26.2 Å². The first-order valence-corrected chi connectivity index (χ1v) is 8.04. The van der Waals surface area contributed by atoms with Gasteiger partial charge in [0.1, 0.15) is 5.82 Å². The summed E-state index contributed by atoms with van der Waals surface area (Å²) >= 11 is 0. The third-order valence-corrected chi connectivity index (χ3v) is 4.72. The van der Waals surface area contributed by atoms with Crippen LogP contribution in [0, 0.1) is 5.82 Å². The number of nitrogens with zero attached hydrogens (tertiary/aromatic N) is 1. The van der Waals surface area contributed by atoms with E-state index in [1.54, 1.807) is 0 Å². The first-order valence-electron chi connectivity index (χ1n) is 8.04. The summed E-state index contributed by atoms with van der Waals surface area (Å²) in [4.78, 5) is 2.57. The topological polar surface area (TPSA) is 24.5 Å². The highest BCUT2D eigenvalue weighted by atomic mass is 19.1. The zero-order valence-corrected chi connectivity index (χ0v) is 12.7. The lowest BCUT2D eigenvalue weighted by molar-refractivity contribution is -0.0469. The Hall–Kier alpha value is -0.970. The summed E-state index contributed by atoms with van der Waals surface area (Å²) in [5, 5.41) is 3.50. The zero-order chi connectivity index (χ0) is 14.7. The predicted molar refractivity (Wildman–Crippen MR) is 82.0 cm³/mol. The molecule has 0 spiro atoms. The van der Waals surface area contributed by atoms with E-state index in [9.17, 15) is 4.39 Å². The fourth-order valence-corrected chi connectivity index (χ4v) is 3.38. The molecule has 3 nitrogen and oxygen atoms in total. The van der Waals surface area contributed by atoms with Crippen molar-refractivity contribution in [1.82, 2.24) is 10.2 Å². The SMILES string of the molecule is CC(CNCC1CN2CCCC2CO1)c1ccc(F)cc1. The molecule has 0 amide bonds. The van der Waals surface area contributed by atoms with Crippen LogP contribution in [0.2, 0.25) is 0 Å². The van der Waals surface area contributed by atoms with Crippen LogP contribution >= 0.6 is 0 Å². The van der Waals surface area contributed by atoms with Crippen LogP contribution < -0.4 is 5.32 Å². The van der Waals surface area contributed by atoms with E-state index in [0.29, 0.717) is 18.1 Å². The highest BCUT2D eigenvalue weighted by Gasteiger charge is 2.31. The molecule has 3 atom stereocenters. The number of rotatable bonds is 5. The fraction of sp³-hybridized carbons (Fsp3) is 0.647. The molecule has 0 aliphatic carbocycles. The minimum Gasteiger partial charge on any atom is -0.374 e. The Bertz CT molecular complexity index is 451. The summed E-state index contributed by atoms with van der Waals surface area (Å²) in [5.41, 5.74) is 1.17. The fourth-order valence-electron chi connectivity index (χ4n) is 3.38. The first kappa shape index (κ1) is 14.9. The number of halogens is 1. The van der Waals surface area contributed by atoms with E-state index in [1.807, 2.05) is 12.1 Å². The second-order valence-corrected chi connectivity index (χ2v) is 6.36. The second-order valence-electron chi connectivity index (χ2n) is 6.36. The summed E-state index contributed by atoms with van der Waals surface area (Å²) in [6.45, 7) is 7.14. The van der Waals surface area contributed by atoms with Gasteiger partial charge in [0, 0.05) is 25.7 Å². The molecule has 0 saturated carbocycles. The van der Waals surface area contributed by atoms with E-state index >= 15 is 0 Å². The molecule has 1 aromatic carbocycles. The summed E-state index contributed by atoms with van der Waals surface area (Å²) < 4.78 is 18.9. The zero-order valence-electron chi connectivity index (χ0n) is 12.7. The van der Waals surface area contributed by atoms with E-state index in [1.165, 1.54) is 37.1 Å². The van der Waals surface area contributed by atoms with E-state index in [-0.39, 0.29) is 5.82 Å². The maximum atomic E-state index is 12.9. The van der Waals surface area contributed by atoms with Crippen LogP contribution in [0.3, 0.4) is 0 Å². The van der Waals surface area contributed by atoms with Crippen molar-refractivity contribution in [2.45, 2.75) is 37.8 Å². The van der Waals surface area contributed by atoms with Crippen molar-refractivity contribution in [2.24, 2.45) is 0 Å². The monoisotopic (exact) mass is 292 g/mol. The molecule has 3 rings (SSSR count). The summed E-state index contributed by atoms with van der Waals surface area (Å²) in [6.07, 6.45) is 2.91. The molecule has 0 radical (unpaired) electrons. The molecule has 2 saturated heterocycles. The quantitative estimate of drug-likeness (QED) is 0.902. The van der Waals surface area contributed by atoms with Gasteiger partial charge in [0.15, 0.2) is 0 Å². The van der Waals surface area contributed by atoms with Crippen molar-refractivity contribution in [3.8, 4) is 0 Å². The molecular formula is C17H25FN2O. The normalized spacial score (nSPS) is 27.5. The molecule has 1 aromatic rings. The van der Waals surface area contributed by atoms with Gasteiger partial charge < -0.3 is 10.1 Å². The van der Waals surface area contributed by atoms with Gasteiger partial charge in [-0.05, 0) is 43.0 Å². The smallest absolute Gasteiger partial charge is 0.123 e. The lowest BCUT2D eigenvalue weighted by atomic mass is 10.0. The number of morpholine rings is 1. The van der Waals surface area contributed by atoms with Crippen LogP contribution in [-0.4, -0.2) is 49.8 Å². The Balaban J connectivity index is 1.40. The van der Waals surface area contributed by atoms with Crippen LogP contribution in [0.1, 0.15) is 31.2 Å². The maximum Gasteiger partial charge on any atom is 0.123 e. The van der Waals surface area contributed by atoms with Gasteiger partial charge in [-0.3, -0.25) is 4.90 Å². The number of fused-ring (bicyclic) bond motifs is 1. The second kappa shape index (κ2) is 6.86. The van der Waals surface area contributed by atoms with E-state index in [4.69, 9.17) is 4.74 Å². The van der Waals surface area contributed by atoms with Gasteiger partial charge in [0.05, 0.1) is 12.7 Å². The Morgan fingerprint density at radius 2 is 2.19 bits per heavy atom. The van der Waals surface area contributed by atoms with Crippen LogP contribution in [0.15, 0.2) is 24.3 Å². The number of nitrogens with one attached hydrogen (secondary N) is 1. The third kappa shape index (κ3) is 3.82. The molecule has 2 heterocycles. The number of hydrogen-bond acceptors (Lipinski definition) is 3. The predicted octanol–water partition coefficient (Wildman–Crippen LogP) is 2.38. The summed E-state index contributed by atoms with van der Waals surface area (Å²) in [6, 6.07) is 7.47. The lowest BCUT2D eigenvalue weighted by Gasteiger charge is -2.35. The summed E-state index contributed by atoms with van der Waals surface area (Å²) in [7, 11) is 0. The van der Waals surface area contributed by atoms with E-state index < -0.39 is 0 Å². The Morgan fingerprint density at radius 3 is 3.00 bits per heavy atom. The standard InChI is InChI=1S/C17H25FN2O/c1-13(14-4-6-15(18)7-5-14)9-19-10-17-11-20-8-2-3-16(20)12-21-17/h4-7,13,16-17,19H,2-3,8-12H2,1H3. The van der Waals surface area contributed by atoms with Gasteiger partial charge in [0.2, 0.25) is 0 Å². The molecule has 3 unspecified atom stereocenters. The van der Waals surface area contributed by atoms with Crippen molar-refractivity contribution in [3.63, 3.8) is 0 Å². The number of ether oxygens (including phenoxy) is 1. The molecule has 116 valence electrons. The number of benzene rings is 1. The Labute approximate surface area is 126 Å². The van der Waals surface area contributed by atoms with Gasteiger partial charge in [-0.25, -0.2) is 4.39 Å². The third-order valence-electron chi connectivity index (χ3n) is 4.72. The van der Waals surface area contributed by atoms with Crippen molar-refractivity contribution >= 4 is 0 Å². The van der Waals surface area contributed by atoms with Crippen molar-refractivity contribution in [2.75, 3.05) is 32.8 Å². The van der Waals surface area contributed by atoms with Gasteiger partial charge in [-0.1, -0.05) is 19.1 Å². The Morgan fingerprint density at radius 1 is 1.38 bits per heavy atom. The highest BCUT2D eigenvalue weighted by molar-refractivity contribution is 5.20. The largest absolute Gasteiger partial charge is 0.374 e. The van der Waals surface area contributed by atoms with Crippen LogP contribution in [0.5, 0.6) is 0 Å². The van der Waals surface area contributed by atoms with Crippen LogP contribution in [0.25, 0.3) is 0 Å². The molecule has 2 aliphatic heterocycles. The average molecular weight is 292 g/mol. The minimum atomic E-state index is -0.172. The number of hydrogen-bond donors (Lipinski definition) is 1. The molecule has 0 aromatic heterocycles. The van der Waals surface area contributed by atoms with Crippen LogP contribution in [-0.2, 0) is 4.74 Å². The molecule has 1 N–H and O–H groups in total. The highest BCUT2D eigenvalue weighted by Crippen LogP contribution is 2.22. The van der Waals surface area contributed by atoms with E-state index in [2.05, 4.69) is 17.1 Å². The lowest BCUT2D eigenvalue weighted by Crippen LogP contribution is -2.49. The molecule has 0 bridgehead atoms. The minimum absolute atomic E-state index is 0.172. The first-order chi connectivity index (χ1) is 10.2. The molecule has 2 aliphatic rings. The molecule has 2 fully saturated rings. The van der Waals surface area contributed by atoms with Gasteiger partial charge in [-0.15, -0.1) is 0 Å². The summed E-state index contributed by atoms with van der Waals surface area (Å²) in [5.74, 6) is 0.211. The maximum absolute atomic E-state index is 12.9. The Kier molecular flexibility index (Phi) is 4.88. The molecule has 21 heavy (non-hydrogen) atoms. The van der Waals surface area contributed by atoms with Crippen molar-refractivity contribution in [1.29, 1.82) is 0 Å². The van der Waals surface area contributed by atoms with Gasteiger partial charge >= 0.3 is 0 Å². The molecule has 4 heteroatoms. The van der Waals surface area contributed by atoms with Crippen LogP contribution in [0.4, 0.5) is 4.39 Å². The van der Waals surface area contributed by atoms with Gasteiger partial charge in [0.25, 0.3) is 0 Å². The average Bonchev–Trinajstić information content (AvgIpc) is 2.95. The van der Waals surface area contributed by atoms with Crippen molar-refractivity contribution < 1.29 is 9.13 Å². The van der Waals surface area contributed by atoms with Crippen molar-refractivity contribution in [3.05, 3.63) is 35.6 Å².